The summed E-state index contributed by atoms with van der Waals surface area (Å²) in [5.74, 6) is 0.150. The largest absolute Gasteiger partial charge is 0.418 e. The molecule has 0 saturated heterocycles. The van der Waals surface area contributed by atoms with Gasteiger partial charge in [-0.1, -0.05) is 55.4 Å². The quantitative estimate of drug-likeness (QED) is 0.662. The molecule has 22 heavy (non-hydrogen) atoms. The number of rotatable bonds is 2. The molecule has 1 heterocycles. The lowest BCUT2D eigenvalue weighted by Gasteiger charge is -2.33. The van der Waals surface area contributed by atoms with Gasteiger partial charge in [-0.2, -0.15) is 13.2 Å². The fourth-order valence-electron chi connectivity index (χ4n) is 2.79. The van der Waals surface area contributed by atoms with Crippen molar-refractivity contribution in [3.63, 3.8) is 0 Å². The summed E-state index contributed by atoms with van der Waals surface area (Å²) in [7, 11) is 0. The van der Waals surface area contributed by atoms with E-state index in [2.05, 4.69) is 4.98 Å². The van der Waals surface area contributed by atoms with Crippen LogP contribution < -0.4 is 0 Å². The average molecular weight is 315 g/mol. The van der Waals surface area contributed by atoms with Gasteiger partial charge in [0.1, 0.15) is 0 Å². The number of aromatic nitrogens is 1. The summed E-state index contributed by atoms with van der Waals surface area (Å²) in [5, 5.41) is 0. The van der Waals surface area contributed by atoms with Crippen LogP contribution in [0.4, 0.5) is 13.2 Å². The first-order valence-electron chi connectivity index (χ1n) is 7.75. The monoisotopic (exact) mass is 315 g/mol. The van der Waals surface area contributed by atoms with Gasteiger partial charge in [-0.25, -0.2) is 0 Å². The highest BCUT2D eigenvalue weighted by Gasteiger charge is 2.39. The zero-order valence-electron chi connectivity index (χ0n) is 14.9. The fourth-order valence-corrected chi connectivity index (χ4v) is 2.79. The number of halogens is 3. The van der Waals surface area contributed by atoms with Crippen molar-refractivity contribution < 1.29 is 13.2 Å². The van der Waals surface area contributed by atoms with E-state index in [0.717, 1.165) is 17.5 Å². The van der Waals surface area contributed by atoms with Gasteiger partial charge in [0.2, 0.25) is 0 Å². The van der Waals surface area contributed by atoms with E-state index in [4.69, 9.17) is 0 Å². The highest BCUT2D eigenvalue weighted by atomic mass is 19.4. The molecule has 1 rings (SSSR count). The van der Waals surface area contributed by atoms with E-state index in [1.165, 1.54) is 0 Å². The molecule has 0 aliphatic carbocycles. The minimum absolute atomic E-state index is 0.150. The maximum Gasteiger partial charge on any atom is 0.418 e. The number of hydrogen-bond donors (Lipinski definition) is 0. The first-order chi connectivity index (χ1) is 9.65. The van der Waals surface area contributed by atoms with Crippen LogP contribution in [0.5, 0.6) is 0 Å². The first-order valence-corrected chi connectivity index (χ1v) is 7.75. The molecule has 0 fully saturated rings. The Labute approximate surface area is 132 Å². The number of alkyl halides is 3. The van der Waals surface area contributed by atoms with Gasteiger partial charge in [0.05, 0.1) is 5.56 Å². The van der Waals surface area contributed by atoms with Crippen molar-refractivity contribution in [1.29, 1.82) is 0 Å². The summed E-state index contributed by atoms with van der Waals surface area (Å²) in [6, 6.07) is 0. The first kappa shape index (κ1) is 19.0. The van der Waals surface area contributed by atoms with Crippen LogP contribution in [0.15, 0.2) is 6.20 Å². The molecule has 4 heteroatoms. The average Bonchev–Trinajstić information content (AvgIpc) is 2.22. The highest BCUT2D eigenvalue weighted by molar-refractivity contribution is 5.45. The zero-order valence-corrected chi connectivity index (χ0v) is 14.9. The van der Waals surface area contributed by atoms with Gasteiger partial charge in [0.15, 0.2) is 0 Å². The van der Waals surface area contributed by atoms with E-state index in [1.54, 1.807) is 0 Å². The highest BCUT2D eigenvalue weighted by Crippen LogP contribution is 2.41. The Morgan fingerprint density at radius 2 is 1.45 bits per heavy atom. The van der Waals surface area contributed by atoms with E-state index in [-0.39, 0.29) is 16.7 Å². The Bertz CT molecular complexity index is 529. The molecule has 0 atom stereocenters. The normalized spacial score (nSPS) is 13.8. The molecule has 0 aliphatic heterocycles. The molecule has 1 nitrogen and oxygen atoms in total. The maximum atomic E-state index is 13.5. The van der Waals surface area contributed by atoms with Gasteiger partial charge in [0.25, 0.3) is 0 Å². The number of hydrogen-bond acceptors (Lipinski definition) is 1. The minimum atomic E-state index is -4.37. The Kier molecular flexibility index (Phi) is 5.06. The Morgan fingerprint density at radius 3 is 1.77 bits per heavy atom. The van der Waals surface area contributed by atoms with E-state index < -0.39 is 11.7 Å². The number of pyridine rings is 1. The second-order valence-corrected chi connectivity index (χ2v) is 8.47. The van der Waals surface area contributed by atoms with Gasteiger partial charge in [-0.05, 0) is 28.9 Å². The molecule has 0 saturated carbocycles. The maximum absolute atomic E-state index is 13.5. The summed E-state index contributed by atoms with van der Waals surface area (Å²) in [6.45, 7) is 15.8. The molecule has 0 spiro atoms. The van der Waals surface area contributed by atoms with Crippen LogP contribution in [0.25, 0.3) is 0 Å². The van der Waals surface area contributed by atoms with Crippen LogP contribution >= 0.6 is 0 Å². The molecule has 1 aromatic rings. The molecular formula is C18H28F3N. The van der Waals surface area contributed by atoms with Crippen molar-refractivity contribution in [2.75, 3.05) is 0 Å². The summed E-state index contributed by atoms with van der Waals surface area (Å²) in [4.78, 5) is 4.23. The van der Waals surface area contributed by atoms with Crippen molar-refractivity contribution in [2.45, 2.75) is 78.8 Å². The lowest BCUT2D eigenvalue weighted by molar-refractivity contribution is -0.138. The van der Waals surface area contributed by atoms with Crippen molar-refractivity contribution in [3.05, 3.63) is 28.6 Å². The Morgan fingerprint density at radius 1 is 0.955 bits per heavy atom. The fraction of sp³-hybridized carbons (Fsp3) is 0.722. The van der Waals surface area contributed by atoms with Crippen LogP contribution in [-0.4, -0.2) is 4.98 Å². The molecule has 0 N–H and O–H groups in total. The predicted octanol–water partition coefficient (Wildman–Crippen LogP) is 5.89. The zero-order chi connectivity index (χ0) is 17.5. The van der Waals surface area contributed by atoms with Gasteiger partial charge < -0.3 is 0 Å². The van der Waals surface area contributed by atoms with Crippen LogP contribution in [0.2, 0.25) is 0 Å². The van der Waals surface area contributed by atoms with Crippen molar-refractivity contribution in [1.82, 2.24) is 4.98 Å². The molecule has 0 bridgehead atoms. The van der Waals surface area contributed by atoms with E-state index in [1.807, 2.05) is 55.4 Å². The van der Waals surface area contributed by atoms with Gasteiger partial charge in [-0.3, -0.25) is 4.98 Å². The number of nitrogens with zero attached hydrogens (tertiary/aromatic N) is 1. The third kappa shape index (κ3) is 4.23. The SMILES string of the molecule is CC(C)Cc1c(C(F)(F)F)cnc(C(C)(C)C)c1C(C)(C)C. The van der Waals surface area contributed by atoms with Crippen molar-refractivity contribution in [3.8, 4) is 0 Å². The van der Waals surface area contributed by atoms with E-state index in [0.29, 0.717) is 12.0 Å². The predicted molar refractivity (Wildman–Crippen MR) is 85.2 cm³/mol. The second kappa shape index (κ2) is 5.86. The molecule has 1 aromatic heterocycles. The van der Waals surface area contributed by atoms with Crippen molar-refractivity contribution in [2.24, 2.45) is 5.92 Å². The molecule has 0 aliphatic rings. The molecule has 0 radical (unpaired) electrons. The molecule has 126 valence electrons. The van der Waals surface area contributed by atoms with Crippen LogP contribution in [0.1, 0.15) is 77.8 Å². The molecular weight excluding hydrogens is 287 g/mol. The van der Waals surface area contributed by atoms with Gasteiger partial charge in [-0.15, -0.1) is 0 Å². The molecule has 0 unspecified atom stereocenters. The summed E-state index contributed by atoms with van der Waals surface area (Å²) in [5.41, 5.74) is 0.667. The lowest BCUT2D eigenvalue weighted by Crippen LogP contribution is -2.28. The standard InChI is InChI=1S/C18H28F3N/c1-11(2)9-12-13(18(19,20)21)10-22-15(17(6,7)8)14(12)16(3,4)5/h10-11H,9H2,1-8H3. The Hall–Kier alpha value is -1.06. The summed E-state index contributed by atoms with van der Waals surface area (Å²) < 4.78 is 40.4. The summed E-state index contributed by atoms with van der Waals surface area (Å²) >= 11 is 0. The summed E-state index contributed by atoms with van der Waals surface area (Å²) in [6.07, 6.45) is -2.94. The second-order valence-electron chi connectivity index (χ2n) is 8.47. The van der Waals surface area contributed by atoms with E-state index in [9.17, 15) is 13.2 Å². The third-order valence-electron chi connectivity index (χ3n) is 3.56. The smallest absolute Gasteiger partial charge is 0.260 e. The van der Waals surface area contributed by atoms with Crippen LogP contribution in [0.3, 0.4) is 0 Å². The minimum Gasteiger partial charge on any atom is -0.260 e. The molecule has 0 amide bonds. The van der Waals surface area contributed by atoms with E-state index >= 15 is 0 Å². The van der Waals surface area contributed by atoms with Gasteiger partial charge in [0, 0.05) is 17.3 Å². The van der Waals surface area contributed by atoms with Crippen LogP contribution in [0, 0.1) is 5.92 Å². The Balaban J connectivity index is 3.83. The van der Waals surface area contributed by atoms with Gasteiger partial charge >= 0.3 is 6.18 Å². The van der Waals surface area contributed by atoms with Crippen molar-refractivity contribution >= 4 is 0 Å². The topological polar surface area (TPSA) is 12.9 Å². The third-order valence-corrected chi connectivity index (χ3v) is 3.56. The van der Waals surface area contributed by atoms with Crippen LogP contribution in [-0.2, 0) is 23.4 Å². The lowest BCUT2D eigenvalue weighted by atomic mass is 9.74. The molecule has 0 aromatic carbocycles.